The van der Waals surface area contributed by atoms with Crippen LogP contribution in [0.2, 0.25) is 0 Å². The zero-order chi connectivity index (χ0) is 25.0. The van der Waals surface area contributed by atoms with Crippen molar-refractivity contribution >= 4 is 17.8 Å². The second-order valence-electron chi connectivity index (χ2n) is 8.88. The van der Waals surface area contributed by atoms with Gasteiger partial charge in [-0.25, -0.2) is 4.79 Å². The molecule has 1 heterocycles. The number of hydrogen-bond donors (Lipinski definition) is 3. The van der Waals surface area contributed by atoms with Crippen LogP contribution < -0.4 is 16.4 Å². The Labute approximate surface area is 207 Å². The highest BCUT2D eigenvalue weighted by Crippen LogP contribution is 2.09. The minimum Gasteiger partial charge on any atom is -0.366 e. The highest BCUT2D eigenvalue weighted by atomic mass is 16.2. The smallest absolute Gasteiger partial charge is 0.318 e. The molecule has 0 bridgehead atoms. The lowest BCUT2D eigenvalue weighted by atomic mass is 10.0. The molecule has 4 N–H and O–H groups in total. The first-order chi connectivity index (χ1) is 16.9. The van der Waals surface area contributed by atoms with Gasteiger partial charge in [-0.15, -0.1) is 0 Å². The number of nitrogens with one attached hydrogen (secondary N) is 2. The van der Waals surface area contributed by atoms with Gasteiger partial charge in [0.05, 0.1) is 0 Å². The van der Waals surface area contributed by atoms with E-state index in [2.05, 4.69) is 15.5 Å². The van der Waals surface area contributed by atoms with Gasteiger partial charge in [0.2, 0.25) is 11.8 Å². The fraction of sp³-hybridized carbons (Fsp3) is 0.370. The topological polar surface area (TPSA) is 108 Å². The van der Waals surface area contributed by atoms with E-state index >= 15 is 0 Å². The van der Waals surface area contributed by atoms with Crippen LogP contribution in [0, 0.1) is 0 Å². The van der Waals surface area contributed by atoms with Gasteiger partial charge in [-0.1, -0.05) is 66.7 Å². The first kappa shape index (κ1) is 26.0. The molecule has 1 aliphatic heterocycles. The molecular weight excluding hydrogens is 442 g/mol. The third kappa shape index (κ3) is 8.90. The first-order valence-corrected chi connectivity index (χ1v) is 12.0. The van der Waals surface area contributed by atoms with Crippen LogP contribution in [-0.2, 0) is 22.4 Å². The van der Waals surface area contributed by atoms with Crippen LogP contribution in [0.3, 0.4) is 0 Å². The number of hydrogen-bond acceptors (Lipinski definition) is 4. The Balaban J connectivity index is 1.71. The lowest BCUT2D eigenvalue weighted by Crippen LogP contribution is -2.56. The summed E-state index contributed by atoms with van der Waals surface area (Å²) in [5, 5.41) is 5.94. The van der Waals surface area contributed by atoms with Crippen molar-refractivity contribution in [2.75, 3.05) is 33.2 Å². The van der Waals surface area contributed by atoms with Crippen molar-refractivity contribution in [2.45, 2.75) is 31.3 Å². The van der Waals surface area contributed by atoms with Crippen LogP contribution in [0.5, 0.6) is 0 Å². The van der Waals surface area contributed by atoms with E-state index in [0.29, 0.717) is 32.4 Å². The number of nitrogens with two attached hydrogens (primary N) is 1. The van der Waals surface area contributed by atoms with E-state index in [0.717, 1.165) is 24.2 Å². The van der Waals surface area contributed by atoms with Gasteiger partial charge >= 0.3 is 6.03 Å². The summed E-state index contributed by atoms with van der Waals surface area (Å²) in [7, 11) is 2.02. The molecule has 1 aliphatic rings. The number of aryl methyl sites for hydroxylation is 1. The predicted octanol–water partition coefficient (Wildman–Crippen LogP) is 1.71. The summed E-state index contributed by atoms with van der Waals surface area (Å²) in [6, 6.07) is 18.1. The van der Waals surface area contributed by atoms with E-state index in [1.165, 1.54) is 6.08 Å². The van der Waals surface area contributed by atoms with Crippen LogP contribution in [0.1, 0.15) is 17.5 Å². The van der Waals surface area contributed by atoms with Crippen LogP contribution in [-0.4, -0.2) is 73.0 Å². The number of piperazine rings is 1. The number of urea groups is 1. The summed E-state index contributed by atoms with van der Waals surface area (Å²) in [5.41, 5.74) is 7.37. The fourth-order valence-corrected chi connectivity index (χ4v) is 3.99. The van der Waals surface area contributed by atoms with Gasteiger partial charge in [0.1, 0.15) is 6.04 Å². The second kappa shape index (κ2) is 13.3. The SMILES string of the molecule is CN1CCN(C(=O)N[C@@H](Cc2ccccc2)C(=O)N[C@H](/C=C/C(N)=O)CCc2ccccc2)CC1. The van der Waals surface area contributed by atoms with Crippen LogP contribution in [0.15, 0.2) is 72.8 Å². The summed E-state index contributed by atoms with van der Waals surface area (Å²) in [4.78, 5) is 41.6. The quantitative estimate of drug-likeness (QED) is 0.453. The number of benzene rings is 2. The molecule has 35 heavy (non-hydrogen) atoms. The van der Waals surface area contributed by atoms with E-state index in [1.54, 1.807) is 11.0 Å². The molecule has 2 aromatic carbocycles. The van der Waals surface area contributed by atoms with E-state index in [-0.39, 0.29) is 11.9 Å². The molecule has 3 rings (SSSR count). The van der Waals surface area contributed by atoms with E-state index in [4.69, 9.17) is 5.73 Å². The molecule has 2 atom stereocenters. The van der Waals surface area contributed by atoms with E-state index < -0.39 is 18.0 Å². The Morgan fingerprint density at radius 2 is 1.51 bits per heavy atom. The molecule has 0 aliphatic carbocycles. The van der Waals surface area contributed by atoms with Gasteiger partial charge in [-0.05, 0) is 31.0 Å². The maximum atomic E-state index is 13.4. The van der Waals surface area contributed by atoms with Crippen LogP contribution in [0.25, 0.3) is 0 Å². The van der Waals surface area contributed by atoms with Gasteiger partial charge in [0.15, 0.2) is 0 Å². The van der Waals surface area contributed by atoms with E-state index in [9.17, 15) is 14.4 Å². The Bertz CT molecular complexity index is 988. The zero-order valence-corrected chi connectivity index (χ0v) is 20.2. The number of nitrogens with zero attached hydrogens (tertiary/aromatic N) is 2. The maximum Gasteiger partial charge on any atom is 0.318 e. The first-order valence-electron chi connectivity index (χ1n) is 12.0. The van der Waals surface area contributed by atoms with Gasteiger partial charge in [-0.2, -0.15) is 0 Å². The highest BCUT2D eigenvalue weighted by Gasteiger charge is 2.27. The van der Waals surface area contributed by atoms with Crippen molar-refractivity contribution in [2.24, 2.45) is 5.73 Å². The number of likely N-dealkylation sites (N-methyl/N-ethyl adjacent to an activating group) is 1. The third-order valence-electron chi connectivity index (χ3n) is 6.09. The molecule has 4 amide bonds. The van der Waals surface area contributed by atoms with Crippen molar-refractivity contribution in [1.82, 2.24) is 20.4 Å². The summed E-state index contributed by atoms with van der Waals surface area (Å²) in [5.74, 6) is -0.878. The largest absolute Gasteiger partial charge is 0.366 e. The molecule has 1 saturated heterocycles. The molecule has 0 saturated carbocycles. The molecule has 2 aromatic rings. The lowest BCUT2D eigenvalue weighted by molar-refractivity contribution is -0.123. The summed E-state index contributed by atoms with van der Waals surface area (Å²) < 4.78 is 0. The maximum absolute atomic E-state index is 13.4. The Morgan fingerprint density at radius 1 is 0.914 bits per heavy atom. The molecule has 1 fully saturated rings. The highest BCUT2D eigenvalue weighted by molar-refractivity contribution is 5.88. The Kier molecular flexibility index (Phi) is 9.86. The van der Waals surface area contributed by atoms with Crippen LogP contribution in [0.4, 0.5) is 4.79 Å². The molecule has 0 aromatic heterocycles. The van der Waals surface area contributed by atoms with Crippen molar-refractivity contribution in [3.05, 3.63) is 83.9 Å². The fourth-order valence-electron chi connectivity index (χ4n) is 3.99. The number of amides is 4. The average molecular weight is 478 g/mol. The van der Waals surface area contributed by atoms with E-state index in [1.807, 2.05) is 67.7 Å². The summed E-state index contributed by atoms with van der Waals surface area (Å²) in [6.45, 7) is 2.82. The van der Waals surface area contributed by atoms with Gasteiger partial charge in [0, 0.05) is 44.7 Å². The van der Waals surface area contributed by atoms with Gasteiger partial charge in [-0.3, -0.25) is 9.59 Å². The zero-order valence-electron chi connectivity index (χ0n) is 20.2. The molecule has 0 spiro atoms. The number of carbonyl (C=O) groups excluding carboxylic acids is 3. The monoisotopic (exact) mass is 477 g/mol. The van der Waals surface area contributed by atoms with Crippen molar-refractivity contribution in [1.29, 1.82) is 0 Å². The van der Waals surface area contributed by atoms with Gasteiger partial charge < -0.3 is 26.2 Å². The Hall–Kier alpha value is -3.65. The van der Waals surface area contributed by atoms with Crippen molar-refractivity contribution in [3.8, 4) is 0 Å². The minimum atomic E-state index is -0.759. The van der Waals surface area contributed by atoms with Crippen molar-refractivity contribution in [3.63, 3.8) is 0 Å². The minimum absolute atomic E-state index is 0.248. The predicted molar refractivity (Wildman–Crippen MR) is 137 cm³/mol. The summed E-state index contributed by atoms with van der Waals surface area (Å²) in [6.07, 6.45) is 4.54. The van der Waals surface area contributed by atoms with Crippen LogP contribution >= 0.6 is 0 Å². The molecule has 186 valence electrons. The number of primary amides is 1. The normalized spacial score (nSPS) is 16.0. The lowest BCUT2D eigenvalue weighted by Gasteiger charge is -2.33. The molecule has 0 radical (unpaired) electrons. The number of rotatable bonds is 10. The Morgan fingerprint density at radius 3 is 2.11 bits per heavy atom. The third-order valence-corrected chi connectivity index (χ3v) is 6.09. The van der Waals surface area contributed by atoms with Gasteiger partial charge in [0.25, 0.3) is 0 Å². The number of carbonyl (C=O) groups is 3. The standard InChI is InChI=1S/C27H35N5O3/c1-31-16-18-32(19-17-31)27(35)30-24(20-22-10-6-3-7-11-22)26(34)29-23(14-15-25(28)33)13-12-21-8-4-2-5-9-21/h2-11,14-15,23-24H,12-13,16-20H2,1H3,(H2,28,33)(H,29,34)(H,30,35)/b15-14+/t23-,24-/m0/s1. The summed E-state index contributed by atoms with van der Waals surface area (Å²) >= 11 is 0. The molecular formula is C27H35N5O3. The molecule has 0 unspecified atom stereocenters. The molecule has 8 nitrogen and oxygen atoms in total. The second-order valence-corrected chi connectivity index (χ2v) is 8.88. The van der Waals surface area contributed by atoms with Crippen molar-refractivity contribution < 1.29 is 14.4 Å². The molecule has 8 heteroatoms. The average Bonchev–Trinajstić information content (AvgIpc) is 2.86.